The summed E-state index contributed by atoms with van der Waals surface area (Å²) in [7, 11) is 0. The van der Waals surface area contributed by atoms with Crippen LogP contribution in [-0.2, 0) is 4.79 Å². The predicted molar refractivity (Wildman–Crippen MR) is 86.2 cm³/mol. The van der Waals surface area contributed by atoms with E-state index in [9.17, 15) is 0 Å². The van der Waals surface area contributed by atoms with Crippen LogP contribution in [0.2, 0.25) is 0 Å². The molecule has 0 radical (unpaired) electrons. The summed E-state index contributed by atoms with van der Waals surface area (Å²) in [4.78, 5) is 16.2. The van der Waals surface area contributed by atoms with Crippen molar-refractivity contribution in [2.75, 3.05) is 0 Å². The lowest BCUT2D eigenvalue weighted by molar-refractivity contribution is -0.134. The number of carbonyl (C=O) groups is 1. The Kier molecular flexibility index (Phi) is 12.9. The zero-order chi connectivity index (χ0) is 14.4. The fourth-order valence-corrected chi connectivity index (χ4v) is 1.91. The Morgan fingerprint density at radius 1 is 1.23 bits per heavy atom. The monoisotopic (exact) mass is 314 g/mol. The molecule has 1 aromatic carbocycles. The van der Waals surface area contributed by atoms with Gasteiger partial charge in [0.1, 0.15) is 0 Å². The van der Waals surface area contributed by atoms with Gasteiger partial charge in [-0.2, -0.15) is 0 Å². The van der Waals surface area contributed by atoms with Crippen molar-refractivity contribution >= 4 is 5.97 Å². The molecule has 7 heteroatoms. The second-order valence-corrected chi connectivity index (χ2v) is 4.54. The van der Waals surface area contributed by atoms with Gasteiger partial charge in [-0.15, -0.1) is 0 Å². The molecule has 0 aliphatic carbocycles. The maximum Gasteiger partial charge on any atom is 0.300 e. The number of rotatable bonds is 2. The van der Waals surface area contributed by atoms with Crippen LogP contribution in [0.25, 0.3) is 0 Å². The third-order valence-corrected chi connectivity index (χ3v) is 3.10. The molecule has 0 unspecified atom stereocenters. The van der Waals surface area contributed by atoms with Crippen LogP contribution in [-0.4, -0.2) is 37.5 Å². The Bertz CT molecular complexity index is 537. The molecule has 1 heterocycles. The number of hydrogen-bond donors (Lipinski definition) is 2. The molecule has 126 valence electrons. The van der Waals surface area contributed by atoms with Crippen LogP contribution in [0.1, 0.15) is 42.1 Å². The van der Waals surface area contributed by atoms with E-state index in [-0.39, 0.29) is 16.4 Å². The minimum atomic E-state index is -0.833. The van der Waals surface area contributed by atoms with E-state index in [2.05, 4.69) is 48.9 Å². The summed E-state index contributed by atoms with van der Waals surface area (Å²) in [5.74, 6) is -0.451. The van der Waals surface area contributed by atoms with Crippen LogP contribution in [0.5, 0.6) is 0 Å². The highest BCUT2D eigenvalue weighted by Crippen LogP contribution is 2.26. The lowest BCUT2D eigenvalue weighted by Crippen LogP contribution is -2.00. The minimum Gasteiger partial charge on any atom is -0.481 e. The van der Waals surface area contributed by atoms with Gasteiger partial charge in [-0.3, -0.25) is 4.79 Å². The summed E-state index contributed by atoms with van der Waals surface area (Å²) in [6.07, 6.45) is 3.63. The van der Waals surface area contributed by atoms with Gasteiger partial charge < -0.3 is 26.5 Å². The maximum atomic E-state index is 9.00. The summed E-state index contributed by atoms with van der Waals surface area (Å²) >= 11 is 0. The number of nitrogens with one attached hydrogen (secondary N) is 1. The molecule has 22 heavy (non-hydrogen) atoms. The third kappa shape index (κ3) is 6.98. The van der Waals surface area contributed by atoms with Crippen molar-refractivity contribution in [2.45, 2.75) is 33.6 Å². The quantitative estimate of drug-likeness (QED) is 0.839. The first-order valence-electron chi connectivity index (χ1n) is 6.17. The molecule has 0 amide bonds. The van der Waals surface area contributed by atoms with Crippen molar-refractivity contribution in [1.82, 2.24) is 9.97 Å². The molecule has 0 saturated carbocycles. The molecule has 1 aromatic heterocycles. The number of aryl methyl sites for hydroxylation is 1. The van der Waals surface area contributed by atoms with Crippen molar-refractivity contribution < 1.29 is 26.3 Å². The first kappa shape index (κ1) is 24.8. The Morgan fingerprint density at radius 3 is 2.23 bits per heavy atom. The van der Waals surface area contributed by atoms with Crippen LogP contribution in [0, 0.1) is 13.8 Å². The van der Waals surface area contributed by atoms with Gasteiger partial charge in [0.25, 0.3) is 5.97 Å². The highest BCUT2D eigenvalue weighted by molar-refractivity contribution is 5.62. The fraction of sp³-hybridized carbons (Fsp3) is 0.333. The highest BCUT2D eigenvalue weighted by Gasteiger charge is 2.12. The second-order valence-electron chi connectivity index (χ2n) is 4.54. The van der Waals surface area contributed by atoms with E-state index in [1.165, 1.54) is 22.4 Å². The van der Waals surface area contributed by atoms with E-state index in [1.54, 1.807) is 6.33 Å². The van der Waals surface area contributed by atoms with Crippen LogP contribution < -0.4 is 0 Å². The summed E-state index contributed by atoms with van der Waals surface area (Å²) in [5, 5.41) is 7.42. The number of nitrogens with zero attached hydrogens (tertiary/aromatic N) is 1. The summed E-state index contributed by atoms with van der Waals surface area (Å²) in [6.45, 7) is 7.62. The Labute approximate surface area is 130 Å². The van der Waals surface area contributed by atoms with Gasteiger partial charge in [0, 0.05) is 24.7 Å². The SMILES string of the molecule is CC(=O)O.Cc1cccc([C@H](C)c2cnc[nH]2)c1C.O.O.O. The number of imidazole rings is 1. The van der Waals surface area contributed by atoms with E-state index in [4.69, 9.17) is 9.90 Å². The van der Waals surface area contributed by atoms with Crippen molar-refractivity contribution in [2.24, 2.45) is 0 Å². The van der Waals surface area contributed by atoms with Crippen LogP contribution in [0.15, 0.2) is 30.7 Å². The number of aromatic amines is 1. The van der Waals surface area contributed by atoms with E-state index < -0.39 is 5.97 Å². The van der Waals surface area contributed by atoms with Gasteiger partial charge >= 0.3 is 0 Å². The number of aromatic nitrogens is 2. The smallest absolute Gasteiger partial charge is 0.300 e. The number of hydrogen-bond acceptors (Lipinski definition) is 2. The van der Waals surface area contributed by atoms with Crippen molar-refractivity contribution in [3.05, 3.63) is 53.1 Å². The van der Waals surface area contributed by atoms with Crippen LogP contribution >= 0.6 is 0 Å². The largest absolute Gasteiger partial charge is 0.481 e. The molecule has 2 aromatic rings. The van der Waals surface area contributed by atoms with E-state index in [1.807, 2.05) is 6.20 Å². The molecular formula is C15H26N2O5. The van der Waals surface area contributed by atoms with Crippen LogP contribution in [0.4, 0.5) is 0 Å². The summed E-state index contributed by atoms with van der Waals surface area (Å²) in [5.41, 5.74) is 5.27. The molecule has 8 N–H and O–H groups in total. The molecular weight excluding hydrogens is 288 g/mol. The molecule has 0 spiro atoms. The summed E-state index contributed by atoms with van der Waals surface area (Å²) in [6, 6.07) is 6.46. The van der Waals surface area contributed by atoms with Crippen molar-refractivity contribution in [3.63, 3.8) is 0 Å². The topological polar surface area (TPSA) is 160 Å². The first-order valence-corrected chi connectivity index (χ1v) is 6.17. The Hall–Kier alpha value is -2.22. The van der Waals surface area contributed by atoms with Crippen LogP contribution in [0.3, 0.4) is 0 Å². The number of aliphatic carboxylic acids is 1. The number of carboxylic acid groups (broad SMARTS) is 1. The molecule has 0 aliphatic heterocycles. The van der Waals surface area contributed by atoms with E-state index in [0.717, 1.165) is 6.92 Å². The molecule has 1 atom stereocenters. The van der Waals surface area contributed by atoms with Crippen molar-refractivity contribution in [1.29, 1.82) is 0 Å². The standard InChI is InChI=1S/C13H16N2.C2H4O2.3H2O/c1-9-5-4-6-12(10(9)2)11(3)13-7-14-8-15-13;1-2(3)4;;;/h4-8,11H,1-3H3,(H,14,15);1H3,(H,3,4);3*1H2/t11-;;;;/m0..../s1. The lowest BCUT2D eigenvalue weighted by Gasteiger charge is -2.14. The van der Waals surface area contributed by atoms with Gasteiger partial charge in [-0.05, 0) is 30.5 Å². The fourth-order valence-electron chi connectivity index (χ4n) is 1.91. The van der Waals surface area contributed by atoms with E-state index >= 15 is 0 Å². The lowest BCUT2D eigenvalue weighted by atomic mass is 9.92. The van der Waals surface area contributed by atoms with Gasteiger partial charge in [0.15, 0.2) is 0 Å². The molecule has 0 bridgehead atoms. The molecule has 0 saturated heterocycles. The second kappa shape index (κ2) is 11.4. The number of H-pyrrole nitrogens is 1. The average molecular weight is 314 g/mol. The van der Waals surface area contributed by atoms with Gasteiger partial charge in [-0.1, -0.05) is 25.1 Å². The molecule has 7 nitrogen and oxygen atoms in total. The number of benzene rings is 1. The normalized spacial score (nSPS) is 9.82. The highest BCUT2D eigenvalue weighted by atomic mass is 16.4. The van der Waals surface area contributed by atoms with Crippen molar-refractivity contribution in [3.8, 4) is 0 Å². The van der Waals surface area contributed by atoms with Gasteiger partial charge in [-0.25, -0.2) is 4.98 Å². The predicted octanol–water partition coefficient (Wildman–Crippen LogP) is 0.795. The average Bonchev–Trinajstić information content (AvgIpc) is 2.85. The first-order chi connectivity index (χ1) is 8.93. The Balaban J connectivity index is -0.000000466. The summed E-state index contributed by atoms with van der Waals surface area (Å²) < 4.78 is 0. The zero-order valence-electron chi connectivity index (χ0n) is 13.3. The van der Waals surface area contributed by atoms with Gasteiger partial charge in [0.05, 0.1) is 6.33 Å². The zero-order valence-corrected chi connectivity index (χ0v) is 13.3. The molecule has 2 rings (SSSR count). The maximum absolute atomic E-state index is 9.00. The molecule has 0 fully saturated rings. The number of carboxylic acids is 1. The molecule has 0 aliphatic rings. The van der Waals surface area contributed by atoms with Gasteiger partial charge in [0.2, 0.25) is 0 Å². The minimum absolute atomic E-state index is 0. The third-order valence-electron chi connectivity index (χ3n) is 3.10. The Morgan fingerprint density at radius 2 is 1.77 bits per heavy atom. The van der Waals surface area contributed by atoms with E-state index in [0.29, 0.717) is 5.92 Å².